The van der Waals surface area contributed by atoms with Crippen LogP contribution in [-0.4, -0.2) is 32.8 Å². The third kappa shape index (κ3) is 9.69. The molecular weight excluding hydrogens is 1080 g/mol. The van der Waals surface area contributed by atoms with Gasteiger partial charge in [-0.15, -0.1) is 18.2 Å². The average Bonchev–Trinajstić information content (AvgIpc) is 3.92. The van der Waals surface area contributed by atoms with Crippen LogP contribution in [0.3, 0.4) is 0 Å². The minimum atomic E-state index is -2.18. The van der Waals surface area contributed by atoms with E-state index in [0.29, 0.717) is 5.56 Å². The van der Waals surface area contributed by atoms with E-state index in [1.165, 1.54) is 43.5 Å². The first-order chi connectivity index (χ1) is 33.7. The van der Waals surface area contributed by atoms with Gasteiger partial charge < -0.3 is 8.98 Å². The molecule has 10 rings (SSSR count). The van der Waals surface area contributed by atoms with E-state index in [1.807, 2.05) is 43.5 Å². The minimum Gasteiger partial charge on any atom is 0 e. The van der Waals surface area contributed by atoms with E-state index in [-0.39, 0.29) is 37.4 Å². The molecular formula is C62H62GeIrN4O-2. The fraction of sp³-hybridized carbons (Fsp3) is 0.242. The van der Waals surface area contributed by atoms with Crippen molar-refractivity contribution >= 4 is 50.6 Å². The van der Waals surface area contributed by atoms with Gasteiger partial charge in [-0.3, -0.25) is 9.97 Å². The molecule has 0 bridgehead atoms. The van der Waals surface area contributed by atoms with Crippen molar-refractivity contribution in [3.8, 4) is 39.5 Å². The fourth-order valence-corrected chi connectivity index (χ4v) is 13.1. The Morgan fingerprint density at radius 1 is 0.725 bits per heavy atom. The second-order valence-electron chi connectivity index (χ2n) is 20.2. The van der Waals surface area contributed by atoms with E-state index in [0.717, 1.165) is 67.0 Å². The summed E-state index contributed by atoms with van der Waals surface area (Å²) in [5.41, 5.74) is 16.9. The van der Waals surface area contributed by atoms with Crippen LogP contribution in [0.2, 0.25) is 17.3 Å². The molecule has 0 aliphatic carbocycles. The number of hydrogen-bond acceptors (Lipinski definition) is 4. The summed E-state index contributed by atoms with van der Waals surface area (Å²) in [5.74, 6) is 8.53. The van der Waals surface area contributed by atoms with Gasteiger partial charge in [-0.1, -0.05) is 87.2 Å². The van der Waals surface area contributed by atoms with Crippen molar-refractivity contribution in [3.05, 3.63) is 197 Å². The first kappa shape index (κ1) is 45.5. The molecule has 1 radical (unpaired) electrons. The van der Waals surface area contributed by atoms with Crippen molar-refractivity contribution in [2.45, 2.75) is 96.8 Å². The molecule has 0 saturated heterocycles. The third-order valence-corrected chi connectivity index (χ3v) is 17.4. The largest absolute Gasteiger partial charge is 0 e. The summed E-state index contributed by atoms with van der Waals surface area (Å²) in [6, 6.07) is 54.2. The molecule has 0 aliphatic rings. The van der Waals surface area contributed by atoms with E-state index >= 15 is 0 Å². The molecule has 0 spiro atoms. The Morgan fingerprint density at radius 3 is 2.03 bits per heavy atom. The molecule has 0 aliphatic heterocycles. The van der Waals surface area contributed by atoms with Crippen LogP contribution < -0.4 is 4.40 Å². The summed E-state index contributed by atoms with van der Waals surface area (Å²) in [5, 5.41) is 2.16. The number of benzene rings is 6. The molecule has 69 heavy (non-hydrogen) atoms. The van der Waals surface area contributed by atoms with Crippen LogP contribution >= 0.6 is 0 Å². The van der Waals surface area contributed by atoms with Crippen molar-refractivity contribution in [1.82, 2.24) is 19.5 Å². The predicted molar refractivity (Wildman–Crippen MR) is 288 cm³/mol. The standard InChI is InChI=1S/C38H34N3O.C24H28GeN.Ir/c1-22(2)31-20-27(26-13-8-7-9-14-26)21-32(23(3)4)36(31)41-35-25(6)39-24(5)19-33(35)40-38(41)30-17-12-16-29-28-15-10-11-18-34(28)42-37(29)30;1-18-12-14-19(15-13-18)23-16-21(22(17-26-23)25(4,5)6)24(2,3)20-10-8-7-9-11-20;/h7-16,18-23H,1-6H3;7-14,16-17H,1-6H3;/q2*-1;/i;1D3;. The predicted octanol–water partition coefficient (Wildman–Crippen LogP) is 16.0. The fourth-order valence-electron chi connectivity index (χ4n) is 9.60. The van der Waals surface area contributed by atoms with Gasteiger partial charge in [-0.25, -0.2) is 0 Å². The van der Waals surface area contributed by atoms with E-state index in [4.69, 9.17) is 23.5 Å². The summed E-state index contributed by atoms with van der Waals surface area (Å²) in [4.78, 5) is 15.0. The number of pyridine rings is 2. The Kier molecular flexibility index (Phi) is 13.1. The van der Waals surface area contributed by atoms with E-state index in [9.17, 15) is 0 Å². The number of para-hydroxylation sites is 1. The second-order valence-corrected chi connectivity index (χ2v) is 30.8. The van der Waals surface area contributed by atoms with E-state index in [1.54, 1.807) is 12.1 Å². The Hall–Kier alpha value is -5.92. The Balaban J connectivity index is 0.000000204. The van der Waals surface area contributed by atoms with Crippen molar-refractivity contribution in [3.63, 3.8) is 0 Å². The third-order valence-electron chi connectivity index (χ3n) is 13.2. The molecule has 0 saturated carbocycles. The maximum absolute atomic E-state index is 7.56. The summed E-state index contributed by atoms with van der Waals surface area (Å²) in [7, 11) is 0. The summed E-state index contributed by atoms with van der Waals surface area (Å²) >= 11 is -2.18. The van der Waals surface area contributed by atoms with Crippen LogP contribution in [0.15, 0.2) is 150 Å². The molecule has 0 fully saturated rings. The minimum absolute atomic E-state index is 0. The van der Waals surface area contributed by atoms with Crippen molar-refractivity contribution in [2.24, 2.45) is 0 Å². The molecule has 4 aromatic heterocycles. The van der Waals surface area contributed by atoms with Crippen LogP contribution in [0.4, 0.5) is 0 Å². The monoisotopic (exact) mass is 1150 g/mol. The number of nitrogens with zero attached hydrogens (tertiary/aromatic N) is 4. The number of rotatable bonds is 9. The normalized spacial score (nSPS) is 12.7. The van der Waals surface area contributed by atoms with Crippen LogP contribution in [-0.2, 0) is 25.5 Å². The Morgan fingerprint density at radius 2 is 1.39 bits per heavy atom. The van der Waals surface area contributed by atoms with Crippen LogP contribution in [0.5, 0.6) is 0 Å². The number of fused-ring (bicyclic) bond motifs is 4. The van der Waals surface area contributed by atoms with Crippen molar-refractivity contribution in [2.75, 3.05) is 0 Å². The van der Waals surface area contributed by atoms with Gasteiger partial charge in [-0.05, 0) is 72.2 Å². The molecule has 6 aromatic carbocycles. The van der Waals surface area contributed by atoms with Gasteiger partial charge >= 0.3 is 165 Å². The smallest absolute Gasteiger partial charge is 0 e. The van der Waals surface area contributed by atoms with Gasteiger partial charge in [0.15, 0.2) is 0 Å². The summed E-state index contributed by atoms with van der Waals surface area (Å²) < 4.78 is 32.9. The number of aromatic nitrogens is 4. The molecule has 351 valence electrons. The van der Waals surface area contributed by atoms with Crippen molar-refractivity contribution < 1.29 is 28.6 Å². The van der Waals surface area contributed by atoms with Gasteiger partial charge in [0.05, 0.1) is 28.1 Å². The topological polar surface area (TPSA) is 56.7 Å². The molecule has 0 atom stereocenters. The summed E-state index contributed by atoms with van der Waals surface area (Å²) in [6.45, 7) is 15.6. The molecule has 4 heterocycles. The average molecular weight is 1150 g/mol. The maximum atomic E-state index is 7.56. The van der Waals surface area contributed by atoms with Gasteiger partial charge in [-0.2, -0.15) is 0 Å². The van der Waals surface area contributed by atoms with Gasteiger partial charge in [0, 0.05) is 36.9 Å². The Bertz CT molecular complexity index is 3530. The molecule has 0 amide bonds. The van der Waals surface area contributed by atoms with E-state index in [2.05, 4.69) is 179 Å². The molecule has 0 N–H and O–H groups in total. The quantitative estimate of drug-likeness (QED) is 0.107. The molecule has 0 unspecified atom stereocenters. The van der Waals surface area contributed by atoms with Gasteiger partial charge in [0.2, 0.25) is 0 Å². The first-order valence-electron chi connectivity index (χ1n) is 25.2. The van der Waals surface area contributed by atoms with Crippen molar-refractivity contribution in [1.29, 1.82) is 0 Å². The van der Waals surface area contributed by atoms with Gasteiger partial charge in [0.25, 0.3) is 0 Å². The zero-order valence-corrected chi connectivity index (χ0v) is 46.0. The molecule has 5 nitrogen and oxygen atoms in total. The molecule has 7 heteroatoms. The zero-order chi connectivity index (χ0) is 50.6. The number of aryl methyl sites for hydroxylation is 3. The second kappa shape index (κ2) is 19.8. The van der Waals surface area contributed by atoms with E-state index < -0.39 is 20.1 Å². The van der Waals surface area contributed by atoms with Gasteiger partial charge in [0.1, 0.15) is 5.58 Å². The SMILES string of the molecule is Cc1cc2nc(-c3[c-]ccc4c3oc3ccccc34)n(-c3c(C(C)C)cc(-c4ccccc4)cc3C(C)C)c2c(C)n1.[2H]C([2H])([2H])c1c[c-]c(-c2cc(C(C)(C)c3ccccc3)[c]([Ge]([CH3])([CH3])[CH3])cn2)cc1.[Ir]. The number of imidazole rings is 1. The zero-order valence-electron chi connectivity index (χ0n) is 44.5. The van der Waals surface area contributed by atoms with Crippen LogP contribution in [0, 0.1) is 32.8 Å². The first-order valence-corrected chi connectivity index (χ1v) is 31.1. The van der Waals surface area contributed by atoms with Crippen LogP contribution in [0.1, 0.15) is 96.7 Å². The molecule has 10 aromatic rings. The number of hydrogen-bond donors (Lipinski definition) is 0. The number of furan rings is 1. The Labute approximate surface area is 429 Å². The maximum Gasteiger partial charge on any atom is 0 e. The van der Waals surface area contributed by atoms with Crippen LogP contribution in [0.25, 0.3) is 72.4 Å². The summed E-state index contributed by atoms with van der Waals surface area (Å²) in [6.07, 6.45) is 2.04.